The maximum absolute atomic E-state index is 12.6. The SMILES string of the molecule is COC(=O)C1=C(C[NH2+]CC[NH+]2CCOCC2)NC(=O)N[C@H]1c1ccc(C)cc1C. The third kappa shape index (κ3) is 5.35. The highest BCUT2D eigenvalue weighted by molar-refractivity contribution is 5.95. The average Bonchev–Trinajstić information content (AvgIpc) is 2.71. The first kappa shape index (κ1) is 21.3. The van der Waals surface area contributed by atoms with Crippen molar-refractivity contribution in [3.05, 3.63) is 46.2 Å². The first-order valence-electron chi connectivity index (χ1n) is 10.2. The van der Waals surface area contributed by atoms with Gasteiger partial charge in [-0.1, -0.05) is 23.8 Å². The van der Waals surface area contributed by atoms with Crippen molar-refractivity contribution in [2.75, 3.05) is 53.0 Å². The molecular formula is C21H32N4O4+2. The van der Waals surface area contributed by atoms with Gasteiger partial charge in [0.2, 0.25) is 0 Å². The van der Waals surface area contributed by atoms with E-state index >= 15 is 0 Å². The summed E-state index contributed by atoms with van der Waals surface area (Å²) in [7, 11) is 1.37. The molecule has 0 aromatic heterocycles. The summed E-state index contributed by atoms with van der Waals surface area (Å²) in [5, 5.41) is 7.84. The second kappa shape index (κ2) is 9.87. The minimum Gasteiger partial charge on any atom is -0.466 e. The van der Waals surface area contributed by atoms with Crippen molar-refractivity contribution in [1.82, 2.24) is 10.6 Å². The first-order valence-corrected chi connectivity index (χ1v) is 10.2. The summed E-state index contributed by atoms with van der Waals surface area (Å²) in [6, 6.07) is 5.18. The molecule has 8 heteroatoms. The molecule has 5 N–H and O–H groups in total. The van der Waals surface area contributed by atoms with Gasteiger partial charge in [0.05, 0.1) is 37.6 Å². The van der Waals surface area contributed by atoms with Crippen molar-refractivity contribution >= 4 is 12.0 Å². The van der Waals surface area contributed by atoms with Crippen LogP contribution < -0.4 is 20.9 Å². The molecule has 0 spiro atoms. The van der Waals surface area contributed by atoms with Gasteiger partial charge >= 0.3 is 12.0 Å². The Morgan fingerprint density at radius 2 is 2.07 bits per heavy atom. The summed E-state index contributed by atoms with van der Waals surface area (Å²) >= 11 is 0. The Bertz CT molecular complexity index is 787. The largest absolute Gasteiger partial charge is 0.466 e. The summed E-state index contributed by atoms with van der Waals surface area (Å²) < 4.78 is 10.4. The number of aryl methyl sites for hydroxylation is 2. The van der Waals surface area contributed by atoms with Crippen molar-refractivity contribution in [3.8, 4) is 0 Å². The minimum atomic E-state index is -0.523. The van der Waals surface area contributed by atoms with Gasteiger partial charge in [-0.2, -0.15) is 0 Å². The monoisotopic (exact) mass is 404 g/mol. The van der Waals surface area contributed by atoms with E-state index < -0.39 is 12.0 Å². The number of hydrogen-bond acceptors (Lipinski definition) is 4. The maximum Gasteiger partial charge on any atom is 0.338 e. The normalized spacial score (nSPS) is 20.2. The van der Waals surface area contributed by atoms with Crippen molar-refractivity contribution in [2.24, 2.45) is 0 Å². The van der Waals surface area contributed by atoms with Crippen molar-refractivity contribution in [1.29, 1.82) is 0 Å². The third-order valence-electron chi connectivity index (χ3n) is 5.55. The van der Waals surface area contributed by atoms with Crippen molar-refractivity contribution < 1.29 is 29.3 Å². The Hall–Kier alpha value is -2.42. The number of nitrogens with two attached hydrogens (primary N) is 1. The molecule has 1 fully saturated rings. The number of ether oxygens (including phenoxy) is 2. The lowest BCUT2D eigenvalue weighted by atomic mass is 9.91. The zero-order valence-electron chi connectivity index (χ0n) is 17.5. The van der Waals surface area contributed by atoms with Crippen LogP contribution >= 0.6 is 0 Å². The van der Waals surface area contributed by atoms with Gasteiger partial charge in [-0.25, -0.2) is 9.59 Å². The quantitative estimate of drug-likeness (QED) is 0.331. The summed E-state index contributed by atoms with van der Waals surface area (Å²) in [5.74, 6) is -0.426. The van der Waals surface area contributed by atoms with Gasteiger partial charge in [-0.15, -0.1) is 0 Å². The molecular weight excluding hydrogens is 372 g/mol. The highest BCUT2D eigenvalue weighted by atomic mass is 16.5. The van der Waals surface area contributed by atoms with Crippen molar-refractivity contribution in [3.63, 3.8) is 0 Å². The van der Waals surface area contributed by atoms with E-state index in [4.69, 9.17) is 9.47 Å². The molecule has 3 rings (SSSR count). The molecule has 158 valence electrons. The van der Waals surface area contributed by atoms with E-state index in [0.717, 1.165) is 56.1 Å². The van der Waals surface area contributed by atoms with E-state index in [9.17, 15) is 9.59 Å². The zero-order valence-corrected chi connectivity index (χ0v) is 17.5. The summed E-state index contributed by atoms with van der Waals surface area (Å²) in [6.45, 7) is 10.1. The number of rotatable bonds is 7. The van der Waals surface area contributed by atoms with E-state index in [0.29, 0.717) is 17.8 Å². The van der Waals surface area contributed by atoms with Crippen LogP contribution in [0.4, 0.5) is 4.79 Å². The molecule has 0 aliphatic carbocycles. The molecule has 0 radical (unpaired) electrons. The molecule has 1 atom stereocenters. The van der Waals surface area contributed by atoms with E-state index in [1.807, 2.05) is 26.0 Å². The molecule has 1 aromatic carbocycles. The minimum absolute atomic E-state index is 0.301. The Morgan fingerprint density at radius 3 is 2.76 bits per heavy atom. The topological polar surface area (TPSA) is 97.7 Å². The molecule has 1 aromatic rings. The van der Waals surface area contributed by atoms with Gasteiger partial charge in [0.15, 0.2) is 0 Å². The van der Waals surface area contributed by atoms with Gasteiger partial charge in [-0.3, -0.25) is 0 Å². The number of nitrogens with one attached hydrogen (secondary N) is 3. The molecule has 2 heterocycles. The van der Waals surface area contributed by atoms with Gasteiger partial charge in [0.1, 0.15) is 32.7 Å². The molecule has 29 heavy (non-hydrogen) atoms. The van der Waals surface area contributed by atoms with Crippen LogP contribution in [0.15, 0.2) is 29.5 Å². The summed E-state index contributed by atoms with van der Waals surface area (Å²) in [6.07, 6.45) is 0. The van der Waals surface area contributed by atoms with Crippen LogP contribution in [0.2, 0.25) is 0 Å². The van der Waals surface area contributed by atoms with Crippen LogP contribution in [-0.2, 0) is 14.3 Å². The number of carbonyl (C=O) groups is 2. The van der Waals surface area contributed by atoms with Gasteiger partial charge in [0.25, 0.3) is 0 Å². The van der Waals surface area contributed by atoms with Crippen LogP contribution in [0.25, 0.3) is 0 Å². The maximum atomic E-state index is 12.6. The molecule has 2 aliphatic heterocycles. The molecule has 0 bridgehead atoms. The standard InChI is InChI=1S/C21H30N4O4/c1-14-4-5-16(15(2)12-14)19-18(20(26)28-3)17(23-21(27)24-19)13-22-6-7-25-8-10-29-11-9-25/h4-5,12,19,22H,6-11,13H2,1-3H3,(H2,23,24,27)/p+2/t19-/m0/s1. The molecule has 1 saturated heterocycles. The Balaban J connectivity index is 1.77. The number of urea groups is 1. The lowest BCUT2D eigenvalue weighted by Crippen LogP contribution is -3.16. The van der Waals surface area contributed by atoms with Gasteiger partial charge in [-0.05, 0) is 25.0 Å². The lowest BCUT2D eigenvalue weighted by Gasteiger charge is -2.29. The average molecular weight is 405 g/mol. The van der Waals surface area contributed by atoms with Gasteiger partial charge in [0, 0.05) is 0 Å². The molecule has 0 saturated carbocycles. The molecule has 2 aliphatic rings. The summed E-state index contributed by atoms with van der Waals surface area (Å²) in [4.78, 5) is 26.5. The van der Waals surface area contributed by atoms with E-state index in [-0.39, 0.29) is 6.03 Å². The number of esters is 1. The second-order valence-corrected chi connectivity index (χ2v) is 7.67. The van der Waals surface area contributed by atoms with Crippen LogP contribution in [0.3, 0.4) is 0 Å². The molecule has 0 unspecified atom stereocenters. The highest BCUT2D eigenvalue weighted by Crippen LogP contribution is 2.29. The van der Waals surface area contributed by atoms with Crippen molar-refractivity contribution in [2.45, 2.75) is 19.9 Å². The number of benzene rings is 1. The smallest absolute Gasteiger partial charge is 0.338 e. The van der Waals surface area contributed by atoms with Crippen LogP contribution in [-0.4, -0.2) is 65.0 Å². The molecule has 8 nitrogen and oxygen atoms in total. The number of hydrogen-bond donors (Lipinski definition) is 4. The zero-order chi connectivity index (χ0) is 20.8. The fourth-order valence-corrected chi connectivity index (χ4v) is 3.98. The highest BCUT2D eigenvalue weighted by Gasteiger charge is 2.34. The summed E-state index contributed by atoms with van der Waals surface area (Å²) in [5.41, 5.74) is 4.14. The Morgan fingerprint density at radius 1 is 1.31 bits per heavy atom. The Labute approximate surface area is 171 Å². The lowest BCUT2D eigenvalue weighted by molar-refractivity contribution is -0.919. The van der Waals surface area contributed by atoms with Crippen LogP contribution in [0, 0.1) is 13.8 Å². The number of amides is 2. The number of quaternary nitrogens is 2. The first-order chi connectivity index (χ1) is 14.0. The third-order valence-corrected chi connectivity index (χ3v) is 5.55. The Kier molecular flexibility index (Phi) is 7.24. The fourth-order valence-electron chi connectivity index (χ4n) is 3.98. The van der Waals surface area contributed by atoms with E-state index in [2.05, 4.69) is 22.0 Å². The number of carbonyl (C=O) groups excluding carboxylic acids is 2. The predicted octanol–water partition coefficient (Wildman–Crippen LogP) is -1.44. The van der Waals surface area contributed by atoms with E-state index in [1.165, 1.54) is 12.0 Å². The van der Waals surface area contributed by atoms with E-state index in [1.54, 1.807) is 0 Å². The van der Waals surface area contributed by atoms with Crippen LogP contribution in [0.1, 0.15) is 22.7 Å². The van der Waals surface area contributed by atoms with Crippen LogP contribution in [0.5, 0.6) is 0 Å². The van der Waals surface area contributed by atoms with Gasteiger partial charge < -0.3 is 30.3 Å². The molecule has 2 amide bonds. The fraction of sp³-hybridized carbons (Fsp3) is 0.524. The number of methoxy groups -OCH3 is 1. The second-order valence-electron chi connectivity index (χ2n) is 7.67. The number of morpholine rings is 1. The predicted molar refractivity (Wildman–Crippen MR) is 107 cm³/mol.